The van der Waals surface area contributed by atoms with Crippen molar-refractivity contribution in [2.45, 2.75) is 20.3 Å². The second-order valence-electron chi connectivity index (χ2n) is 3.40. The van der Waals surface area contributed by atoms with Gasteiger partial charge in [0.15, 0.2) is 0 Å². The summed E-state index contributed by atoms with van der Waals surface area (Å²) in [5.41, 5.74) is 3.63. The fourth-order valence-electron chi connectivity index (χ4n) is 1.56. The van der Waals surface area contributed by atoms with Crippen LogP contribution in [0.4, 0.5) is 0 Å². The van der Waals surface area contributed by atoms with Crippen LogP contribution in [0.1, 0.15) is 18.1 Å². The molecule has 0 amide bonds. The minimum Gasteiger partial charge on any atom is -0.445 e. The molecule has 2 nitrogen and oxygen atoms in total. The molecule has 14 heavy (non-hydrogen) atoms. The van der Waals surface area contributed by atoms with Crippen molar-refractivity contribution >= 4 is 0 Å². The standard InChI is InChI=1S/C12H13NO/c1-3-10-6-9(2)7-11(8-10)12-13-4-5-14-12/h4-8H,3H2,1-2H3. The molecule has 0 N–H and O–H groups in total. The molecule has 0 radical (unpaired) electrons. The summed E-state index contributed by atoms with van der Waals surface area (Å²) < 4.78 is 5.26. The molecule has 2 heteroatoms. The Morgan fingerprint density at radius 1 is 1.29 bits per heavy atom. The molecule has 0 saturated heterocycles. The molecule has 1 aromatic carbocycles. The predicted molar refractivity (Wildman–Crippen MR) is 56.1 cm³/mol. The highest BCUT2D eigenvalue weighted by Crippen LogP contribution is 2.20. The molecule has 1 aromatic heterocycles. The van der Waals surface area contributed by atoms with E-state index >= 15 is 0 Å². The molecule has 0 aliphatic rings. The second-order valence-corrected chi connectivity index (χ2v) is 3.40. The maximum absolute atomic E-state index is 5.26. The van der Waals surface area contributed by atoms with Crippen molar-refractivity contribution in [3.8, 4) is 11.5 Å². The summed E-state index contributed by atoms with van der Waals surface area (Å²) in [6.07, 6.45) is 4.31. The van der Waals surface area contributed by atoms with Crippen LogP contribution in [0, 0.1) is 6.92 Å². The SMILES string of the molecule is CCc1cc(C)cc(-c2ncco2)c1. The lowest BCUT2D eigenvalue weighted by Gasteiger charge is -2.02. The lowest BCUT2D eigenvalue weighted by atomic mass is 10.0. The first-order valence-electron chi connectivity index (χ1n) is 4.80. The van der Waals surface area contributed by atoms with Crippen molar-refractivity contribution in [1.82, 2.24) is 4.98 Å². The van der Waals surface area contributed by atoms with E-state index in [0.717, 1.165) is 12.0 Å². The van der Waals surface area contributed by atoms with Gasteiger partial charge in [0.05, 0.1) is 6.20 Å². The molecule has 2 aromatic rings. The van der Waals surface area contributed by atoms with Crippen LogP contribution in [0.15, 0.2) is 35.1 Å². The average molecular weight is 187 g/mol. The van der Waals surface area contributed by atoms with Gasteiger partial charge in [0.25, 0.3) is 0 Å². The fourth-order valence-corrected chi connectivity index (χ4v) is 1.56. The van der Waals surface area contributed by atoms with E-state index in [1.54, 1.807) is 12.5 Å². The summed E-state index contributed by atoms with van der Waals surface area (Å²) in [6.45, 7) is 4.24. The van der Waals surface area contributed by atoms with E-state index in [-0.39, 0.29) is 0 Å². The normalized spacial score (nSPS) is 10.4. The topological polar surface area (TPSA) is 26.0 Å². The van der Waals surface area contributed by atoms with Gasteiger partial charge in [-0.2, -0.15) is 0 Å². The summed E-state index contributed by atoms with van der Waals surface area (Å²) >= 11 is 0. The van der Waals surface area contributed by atoms with Crippen LogP contribution in [-0.2, 0) is 6.42 Å². The first-order valence-corrected chi connectivity index (χ1v) is 4.80. The van der Waals surface area contributed by atoms with Crippen LogP contribution in [0.5, 0.6) is 0 Å². The van der Waals surface area contributed by atoms with Crippen LogP contribution < -0.4 is 0 Å². The van der Waals surface area contributed by atoms with Crippen LogP contribution in [-0.4, -0.2) is 4.98 Å². The Balaban J connectivity index is 2.48. The van der Waals surface area contributed by atoms with Gasteiger partial charge in [-0.15, -0.1) is 0 Å². The smallest absolute Gasteiger partial charge is 0.225 e. The number of hydrogen-bond donors (Lipinski definition) is 0. The molecular weight excluding hydrogens is 174 g/mol. The minimum atomic E-state index is 0.698. The molecule has 0 bridgehead atoms. The number of benzene rings is 1. The van der Waals surface area contributed by atoms with Crippen molar-refractivity contribution in [2.75, 3.05) is 0 Å². The number of nitrogens with zero attached hydrogens (tertiary/aromatic N) is 1. The van der Waals surface area contributed by atoms with Gasteiger partial charge in [0, 0.05) is 5.56 Å². The number of hydrogen-bond acceptors (Lipinski definition) is 2. The Hall–Kier alpha value is -1.57. The second kappa shape index (κ2) is 3.66. The van der Waals surface area contributed by atoms with Crippen LogP contribution in [0.25, 0.3) is 11.5 Å². The highest BCUT2D eigenvalue weighted by molar-refractivity contribution is 5.55. The van der Waals surface area contributed by atoms with Crippen LogP contribution in [0.2, 0.25) is 0 Å². The van der Waals surface area contributed by atoms with Gasteiger partial charge >= 0.3 is 0 Å². The number of rotatable bonds is 2. The zero-order valence-corrected chi connectivity index (χ0v) is 8.45. The zero-order valence-electron chi connectivity index (χ0n) is 8.45. The lowest BCUT2D eigenvalue weighted by molar-refractivity contribution is 0.574. The number of aryl methyl sites for hydroxylation is 2. The molecule has 1 heterocycles. The van der Waals surface area contributed by atoms with E-state index in [9.17, 15) is 0 Å². The van der Waals surface area contributed by atoms with Crippen molar-refractivity contribution < 1.29 is 4.42 Å². The monoisotopic (exact) mass is 187 g/mol. The molecule has 0 saturated carbocycles. The summed E-state index contributed by atoms with van der Waals surface area (Å²) in [5, 5.41) is 0. The van der Waals surface area contributed by atoms with Gasteiger partial charge in [-0.1, -0.05) is 18.6 Å². The van der Waals surface area contributed by atoms with Crippen molar-refractivity contribution in [1.29, 1.82) is 0 Å². The summed E-state index contributed by atoms with van der Waals surface area (Å²) in [5.74, 6) is 0.698. The lowest BCUT2D eigenvalue weighted by Crippen LogP contribution is -1.85. The first-order chi connectivity index (χ1) is 6.79. The van der Waals surface area contributed by atoms with Gasteiger partial charge in [0.2, 0.25) is 5.89 Å². The molecule has 0 atom stereocenters. The Labute approximate surface area is 83.6 Å². The average Bonchev–Trinajstić information content (AvgIpc) is 2.69. The van der Waals surface area contributed by atoms with Gasteiger partial charge in [-0.25, -0.2) is 4.98 Å². The van der Waals surface area contributed by atoms with Crippen molar-refractivity contribution in [3.05, 3.63) is 41.8 Å². The molecule has 0 aliphatic heterocycles. The van der Waals surface area contributed by atoms with E-state index in [1.165, 1.54) is 11.1 Å². The summed E-state index contributed by atoms with van der Waals surface area (Å²) in [6, 6.07) is 6.40. The highest BCUT2D eigenvalue weighted by atomic mass is 16.3. The fraction of sp³-hybridized carbons (Fsp3) is 0.250. The van der Waals surface area contributed by atoms with Gasteiger partial charge in [0.1, 0.15) is 6.26 Å². The third-order valence-corrected chi connectivity index (χ3v) is 2.22. The summed E-state index contributed by atoms with van der Waals surface area (Å²) in [4.78, 5) is 4.14. The molecular formula is C12H13NO. The quantitative estimate of drug-likeness (QED) is 0.721. The Kier molecular flexibility index (Phi) is 2.35. The van der Waals surface area contributed by atoms with E-state index in [2.05, 4.69) is 37.0 Å². The predicted octanol–water partition coefficient (Wildman–Crippen LogP) is 3.21. The molecule has 72 valence electrons. The number of aromatic nitrogens is 1. The maximum Gasteiger partial charge on any atom is 0.225 e. The van der Waals surface area contributed by atoms with Gasteiger partial charge in [-0.3, -0.25) is 0 Å². The molecule has 0 aliphatic carbocycles. The van der Waals surface area contributed by atoms with E-state index in [0.29, 0.717) is 5.89 Å². The Bertz CT molecular complexity index is 418. The van der Waals surface area contributed by atoms with Gasteiger partial charge < -0.3 is 4.42 Å². The van der Waals surface area contributed by atoms with Crippen LogP contribution in [0.3, 0.4) is 0 Å². The molecule has 0 unspecified atom stereocenters. The molecule has 0 fully saturated rings. The minimum absolute atomic E-state index is 0.698. The zero-order chi connectivity index (χ0) is 9.97. The third-order valence-electron chi connectivity index (χ3n) is 2.22. The van der Waals surface area contributed by atoms with E-state index in [1.807, 2.05) is 0 Å². The summed E-state index contributed by atoms with van der Waals surface area (Å²) in [7, 11) is 0. The first kappa shape index (κ1) is 9.00. The van der Waals surface area contributed by atoms with Crippen LogP contribution >= 0.6 is 0 Å². The largest absolute Gasteiger partial charge is 0.445 e. The van der Waals surface area contributed by atoms with Crippen molar-refractivity contribution in [3.63, 3.8) is 0 Å². The van der Waals surface area contributed by atoms with E-state index in [4.69, 9.17) is 4.42 Å². The maximum atomic E-state index is 5.26. The highest BCUT2D eigenvalue weighted by Gasteiger charge is 2.03. The molecule has 2 rings (SSSR count). The van der Waals surface area contributed by atoms with Crippen molar-refractivity contribution in [2.24, 2.45) is 0 Å². The van der Waals surface area contributed by atoms with E-state index < -0.39 is 0 Å². The van der Waals surface area contributed by atoms with Gasteiger partial charge in [-0.05, 0) is 31.0 Å². The molecule has 0 spiro atoms. The third kappa shape index (κ3) is 1.69. The number of oxazole rings is 1. The Morgan fingerprint density at radius 3 is 2.79 bits per heavy atom. The Morgan fingerprint density at radius 2 is 2.14 bits per heavy atom.